The summed E-state index contributed by atoms with van der Waals surface area (Å²) in [5.41, 5.74) is 0.508. The van der Waals surface area contributed by atoms with Gasteiger partial charge < -0.3 is 9.55 Å². The summed E-state index contributed by atoms with van der Waals surface area (Å²) < 4.78 is 3.00. The number of hydrogen-bond donors (Lipinski definition) is 1. The number of nitrogens with zero attached hydrogens (tertiary/aromatic N) is 1. The SMILES string of the molecule is CC1(C)CC(N([Si](C)(C)C)[Si](C)(C)C)CC(C)(C)N1. The molecule has 1 heterocycles. The largest absolute Gasteiger partial charge is 0.343 e. The standard InChI is InChI=1S/C15H36N2Si2/c1-14(2)11-13(12-15(3,4)16-14)17(18(5,6)7)19(8,9)10/h13,16H,11-12H2,1-10H3. The molecule has 0 saturated carbocycles. The first-order valence-corrected chi connectivity index (χ1v) is 14.6. The van der Waals surface area contributed by atoms with Crippen LogP contribution < -0.4 is 5.32 Å². The molecule has 2 nitrogen and oxygen atoms in total. The number of rotatable bonds is 3. The van der Waals surface area contributed by atoms with Gasteiger partial charge in [-0.2, -0.15) is 0 Å². The summed E-state index contributed by atoms with van der Waals surface area (Å²) in [5.74, 6) is 0. The maximum Gasteiger partial charge on any atom is 0.112 e. The number of piperidine rings is 1. The fraction of sp³-hybridized carbons (Fsp3) is 1.00. The Bertz CT molecular complexity index is 294. The van der Waals surface area contributed by atoms with Crippen molar-refractivity contribution in [2.75, 3.05) is 0 Å². The molecule has 0 aromatic rings. The highest BCUT2D eigenvalue weighted by Gasteiger charge is 2.46. The van der Waals surface area contributed by atoms with Gasteiger partial charge in [-0.25, -0.2) is 0 Å². The molecule has 0 aromatic heterocycles. The van der Waals surface area contributed by atoms with E-state index in [0.717, 1.165) is 6.04 Å². The number of hydrogen-bond acceptors (Lipinski definition) is 2. The van der Waals surface area contributed by atoms with Crippen LogP contribution in [-0.2, 0) is 0 Å². The highest BCUT2D eigenvalue weighted by Crippen LogP contribution is 2.36. The van der Waals surface area contributed by atoms with Crippen LogP contribution in [0.1, 0.15) is 40.5 Å². The first-order chi connectivity index (χ1) is 8.14. The monoisotopic (exact) mass is 300 g/mol. The van der Waals surface area contributed by atoms with Crippen LogP contribution in [0.4, 0.5) is 0 Å². The lowest BCUT2D eigenvalue weighted by Crippen LogP contribution is -2.70. The second-order valence-corrected chi connectivity index (χ2v) is 19.8. The van der Waals surface area contributed by atoms with Crippen LogP contribution in [0, 0.1) is 0 Å². The first kappa shape index (κ1) is 17.4. The molecule has 0 aromatic carbocycles. The summed E-state index contributed by atoms with van der Waals surface area (Å²) in [7, 11) is -2.53. The second kappa shape index (κ2) is 4.97. The highest BCUT2D eigenvalue weighted by molar-refractivity contribution is 6.89. The van der Waals surface area contributed by atoms with Crippen molar-refractivity contribution in [3.8, 4) is 0 Å². The molecule has 0 atom stereocenters. The molecule has 19 heavy (non-hydrogen) atoms. The summed E-state index contributed by atoms with van der Waals surface area (Å²) in [6.07, 6.45) is 2.57. The van der Waals surface area contributed by atoms with Crippen LogP contribution in [0.25, 0.3) is 0 Å². The molecule has 0 amide bonds. The maximum atomic E-state index is 3.82. The van der Waals surface area contributed by atoms with Gasteiger partial charge in [0.15, 0.2) is 0 Å². The zero-order valence-electron chi connectivity index (χ0n) is 14.9. The summed E-state index contributed by atoms with van der Waals surface area (Å²) in [5, 5.41) is 3.82. The van der Waals surface area contributed by atoms with Crippen molar-refractivity contribution >= 4 is 16.5 Å². The van der Waals surface area contributed by atoms with Crippen LogP contribution in [0.5, 0.6) is 0 Å². The van der Waals surface area contributed by atoms with Crippen LogP contribution in [0.15, 0.2) is 0 Å². The van der Waals surface area contributed by atoms with Gasteiger partial charge >= 0.3 is 0 Å². The molecule has 1 rings (SSSR count). The van der Waals surface area contributed by atoms with E-state index in [1.54, 1.807) is 0 Å². The fourth-order valence-corrected chi connectivity index (χ4v) is 15.2. The van der Waals surface area contributed by atoms with Crippen molar-refractivity contribution in [1.82, 2.24) is 9.55 Å². The zero-order valence-corrected chi connectivity index (χ0v) is 16.9. The van der Waals surface area contributed by atoms with Crippen LogP contribution in [-0.4, -0.2) is 37.8 Å². The van der Waals surface area contributed by atoms with E-state index in [1.165, 1.54) is 12.8 Å². The minimum atomic E-state index is -1.27. The van der Waals surface area contributed by atoms with E-state index in [4.69, 9.17) is 0 Å². The van der Waals surface area contributed by atoms with E-state index in [1.807, 2.05) is 0 Å². The van der Waals surface area contributed by atoms with E-state index in [2.05, 4.69) is 76.5 Å². The Labute approximate surface area is 123 Å². The third kappa shape index (κ3) is 4.69. The van der Waals surface area contributed by atoms with Gasteiger partial charge in [0, 0.05) is 17.1 Å². The van der Waals surface area contributed by atoms with Crippen LogP contribution in [0.3, 0.4) is 0 Å². The minimum Gasteiger partial charge on any atom is -0.343 e. The normalized spacial score (nSPS) is 24.8. The quantitative estimate of drug-likeness (QED) is 0.783. The highest BCUT2D eigenvalue weighted by atomic mass is 28.4. The van der Waals surface area contributed by atoms with Gasteiger partial charge in [0.05, 0.1) is 0 Å². The Morgan fingerprint density at radius 1 is 0.789 bits per heavy atom. The van der Waals surface area contributed by atoms with E-state index in [9.17, 15) is 0 Å². The van der Waals surface area contributed by atoms with Gasteiger partial charge in [0.1, 0.15) is 16.5 Å². The van der Waals surface area contributed by atoms with Gasteiger partial charge in [-0.3, -0.25) is 0 Å². The third-order valence-electron chi connectivity index (χ3n) is 3.98. The Kier molecular flexibility index (Phi) is 4.55. The molecule has 114 valence electrons. The molecule has 0 spiro atoms. The molecule has 1 N–H and O–H groups in total. The van der Waals surface area contributed by atoms with Gasteiger partial charge in [-0.05, 0) is 40.5 Å². The molecule has 4 heteroatoms. The minimum absolute atomic E-state index is 0.254. The van der Waals surface area contributed by atoms with Crippen molar-refractivity contribution in [2.24, 2.45) is 0 Å². The summed E-state index contributed by atoms with van der Waals surface area (Å²) >= 11 is 0. The van der Waals surface area contributed by atoms with E-state index >= 15 is 0 Å². The molecule has 1 fully saturated rings. The van der Waals surface area contributed by atoms with Gasteiger partial charge in [0.25, 0.3) is 0 Å². The Balaban J connectivity index is 3.10. The molecule has 1 aliphatic rings. The van der Waals surface area contributed by atoms with E-state index in [-0.39, 0.29) is 11.1 Å². The van der Waals surface area contributed by atoms with Crippen molar-refractivity contribution < 1.29 is 0 Å². The molecule has 0 aliphatic carbocycles. The predicted octanol–water partition coefficient (Wildman–Crippen LogP) is 4.27. The topological polar surface area (TPSA) is 15.3 Å². The summed E-state index contributed by atoms with van der Waals surface area (Å²) in [6, 6.07) is 0.754. The van der Waals surface area contributed by atoms with Gasteiger partial charge in [-0.15, -0.1) is 0 Å². The molecule has 0 radical (unpaired) electrons. The molecule has 0 unspecified atom stereocenters. The summed E-state index contributed by atoms with van der Waals surface area (Å²) in [6.45, 7) is 24.6. The van der Waals surface area contributed by atoms with Crippen molar-refractivity contribution in [1.29, 1.82) is 0 Å². The molecule has 1 saturated heterocycles. The number of nitrogens with one attached hydrogen (secondary N) is 1. The van der Waals surface area contributed by atoms with E-state index in [0.29, 0.717) is 0 Å². The lowest BCUT2D eigenvalue weighted by atomic mass is 9.80. The Morgan fingerprint density at radius 3 is 1.37 bits per heavy atom. The predicted molar refractivity (Wildman–Crippen MR) is 92.8 cm³/mol. The zero-order chi connectivity index (χ0) is 15.3. The maximum absolute atomic E-state index is 3.82. The summed E-state index contributed by atoms with van der Waals surface area (Å²) in [4.78, 5) is 0. The Hall–Kier alpha value is 0.354. The second-order valence-electron chi connectivity index (χ2n) is 9.67. The van der Waals surface area contributed by atoms with Crippen molar-refractivity contribution in [2.45, 2.75) is 96.9 Å². The van der Waals surface area contributed by atoms with Crippen molar-refractivity contribution in [3.63, 3.8) is 0 Å². The van der Waals surface area contributed by atoms with Crippen LogP contribution >= 0.6 is 0 Å². The van der Waals surface area contributed by atoms with Crippen LogP contribution in [0.2, 0.25) is 39.3 Å². The lowest BCUT2D eigenvalue weighted by molar-refractivity contribution is 0.129. The van der Waals surface area contributed by atoms with E-state index < -0.39 is 16.5 Å². The third-order valence-corrected chi connectivity index (χ3v) is 11.6. The fourth-order valence-electron chi connectivity index (χ4n) is 4.55. The molecular formula is C15H36N2Si2. The average Bonchev–Trinajstić information content (AvgIpc) is 1.88. The first-order valence-electron chi connectivity index (χ1n) is 7.73. The smallest absolute Gasteiger partial charge is 0.112 e. The average molecular weight is 301 g/mol. The molecular weight excluding hydrogens is 264 g/mol. The van der Waals surface area contributed by atoms with Crippen molar-refractivity contribution in [3.05, 3.63) is 0 Å². The van der Waals surface area contributed by atoms with Gasteiger partial charge in [0.2, 0.25) is 0 Å². The lowest BCUT2D eigenvalue weighted by Gasteiger charge is -2.56. The molecule has 0 bridgehead atoms. The Morgan fingerprint density at radius 2 is 1.11 bits per heavy atom. The molecule has 1 aliphatic heterocycles. The van der Waals surface area contributed by atoms with Gasteiger partial charge in [-0.1, -0.05) is 39.3 Å².